The summed E-state index contributed by atoms with van der Waals surface area (Å²) in [5.41, 5.74) is 5.63. The SMILES string of the molecule is OCc1ccccc1-c1ccc(COC2C3CCC(CC2c2ccc(Cl)cc2)N3)cc1. The summed E-state index contributed by atoms with van der Waals surface area (Å²) in [5, 5.41) is 14.2. The molecule has 3 nitrogen and oxygen atoms in total. The van der Waals surface area contributed by atoms with Gasteiger partial charge < -0.3 is 15.2 Å². The molecule has 2 bridgehead atoms. The summed E-state index contributed by atoms with van der Waals surface area (Å²) in [6, 6.07) is 25.8. The standard InChI is InChI=1S/C27H28ClNO2/c28-22-11-9-20(10-12-22)25-15-23-13-14-26(29-23)27(25)31-17-18-5-7-19(8-6-18)24-4-2-1-3-21(24)16-30/h1-12,23,25-27,29-30H,13-17H2. The Labute approximate surface area is 189 Å². The first-order chi connectivity index (χ1) is 15.2. The minimum atomic E-state index is 0.0458. The predicted molar refractivity (Wildman–Crippen MR) is 125 cm³/mol. The number of hydrogen-bond donors (Lipinski definition) is 2. The number of nitrogens with one attached hydrogen (secondary N) is 1. The summed E-state index contributed by atoms with van der Waals surface area (Å²) in [5.74, 6) is 0.395. The van der Waals surface area contributed by atoms with Crippen molar-refractivity contribution in [3.05, 3.63) is 94.5 Å². The minimum absolute atomic E-state index is 0.0458. The lowest BCUT2D eigenvalue weighted by Crippen LogP contribution is -2.49. The van der Waals surface area contributed by atoms with Gasteiger partial charge in [-0.1, -0.05) is 72.3 Å². The van der Waals surface area contributed by atoms with Crippen molar-refractivity contribution < 1.29 is 9.84 Å². The van der Waals surface area contributed by atoms with Crippen molar-refractivity contribution in [1.29, 1.82) is 0 Å². The van der Waals surface area contributed by atoms with Crippen molar-refractivity contribution in [2.75, 3.05) is 0 Å². The molecular weight excluding hydrogens is 406 g/mol. The van der Waals surface area contributed by atoms with Crippen LogP contribution in [0.5, 0.6) is 0 Å². The summed E-state index contributed by atoms with van der Waals surface area (Å²) < 4.78 is 6.55. The quantitative estimate of drug-likeness (QED) is 0.524. The third-order valence-electron chi connectivity index (χ3n) is 6.80. The zero-order valence-corrected chi connectivity index (χ0v) is 18.3. The fourth-order valence-corrected chi connectivity index (χ4v) is 5.32. The van der Waals surface area contributed by atoms with Gasteiger partial charge in [0.05, 0.1) is 19.3 Å². The number of piperidine rings is 1. The van der Waals surface area contributed by atoms with E-state index in [1.54, 1.807) is 0 Å². The number of aliphatic hydroxyl groups excluding tert-OH is 1. The zero-order valence-electron chi connectivity index (χ0n) is 17.5. The normalized spacial score (nSPS) is 25.0. The fraction of sp³-hybridized carbons (Fsp3) is 0.333. The number of ether oxygens (including phenoxy) is 1. The number of fused-ring (bicyclic) bond motifs is 2. The van der Waals surface area contributed by atoms with Crippen LogP contribution in [0.2, 0.25) is 5.02 Å². The minimum Gasteiger partial charge on any atom is -0.392 e. The predicted octanol–water partition coefficient (Wildman–Crippen LogP) is 5.69. The molecule has 5 rings (SSSR count). The molecule has 0 amide bonds. The van der Waals surface area contributed by atoms with Gasteiger partial charge in [-0.2, -0.15) is 0 Å². The van der Waals surface area contributed by atoms with Gasteiger partial charge in [0.2, 0.25) is 0 Å². The lowest BCUT2D eigenvalue weighted by Gasteiger charge is -2.38. The summed E-state index contributed by atoms with van der Waals surface area (Å²) in [7, 11) is 0. The molecule has 0 aromatic heterocycles. The highest BCUT2D eigenvalue weighted by molar-refractivity contribution is 6.30. The van der Waals surface area contributed by atoms with Crippen LogP contribution in [0, 0.1) is 0 Å². The Kier molecular flexibility index (Phi) is 6.10. The molecule has 2 saturated heterocycles. The van der Waals surface area contributed by atoms with E-state index in [4.69, 9.17) is 16.3 Å². The molecule has 0 saturated carbocycles. The molecule has 160 valence electrons. The van der Waals surface area contributed by atoms with Crippen molar-refractivity contribution >= 4 is 11.6 Å². The molecule has 3 aromatic carbocycles. The second-order valence-corrected chi connectivity index (χ2v) is 9.17. The Balaban J connectivity index is 1.31. The van der Waals surface area contributed by atoms with E-state index in [1.165, 1.54) is 24.0 Å². The molecule has 0 spiro atoms. The molecule has 3 aromatic rings. The molecule has 4 unspecified atom stereocenters. The van der Waals surface area contributed by atoms with E-state index in [0.29, 0.717) is 24.6 Å². The molecule has 2 heterocycles. The van der Waals surface area contributed by atoms with Gasteiger partial charge in [0.25, 0.3) is 0 Å². The molecule has 2 fully saturated rings. The molecule has 0 radical (unpaired) electrons. The van der Waals surface area contributed by atoms with Crippen LogP contribution in [-0.4, -0.2) is 23.3 Å². The Bertz CT molecular complexity index is 1020. The van der Waals surface area contributed by atoms with Gasteiger partial charge in [-0.15, -0.1) is 0 Å². The van der Waals surface area contributed by atoms with Gasteiger partial charge in [-0.25, -0.2) is 0 Å². The lowest BCUT2D eigenvalue weighted by atomic mass is 9.83. The van der Waals surface area contributed by atoms with Crippen molar-refractivity contribution in [2.24, 2.45) is 0 Å². The maximum Gasteiger partial charge on any atom is 0.0801 e. The number of halogens is 1. The molecule has 4 heteroatoms. The summed E-state index contributed by atoms with van der Waals surface area (Å²) in [6.07, 6.45) is 3.68. The second kappa shape index (κ2) is 9.13. The Morgan fingerprint density at radius 1 is 0.935 bits per heavy atom. The van der Waals surface area contributed by atoms with Crippen molar-refractivity contribution in [1.82, 2.24) is 5.32 Å². The van der Waals surface area contributed by atoms with Crippen LogP contribution in [0.25, 0.3) is 11.1 Å². The Morgan fingerprint density at radius 2 is 1.71 bits per heavy atom. The van der Waals surface area contributed by atoms with E-state index in [1.807, 2.05) is 30.3 Å². The second-order valence-electron chi connectivity index (χ2n) is 8.73. The maximum absolute atomic E-state index is 9.62. The molecule has 4 atom stereocenters. The topological polar surface area (TPSA) is 41.5 Å². The van der Waals surface area contributed by atoms with E-state index in [2.05, 4.69) is 47.8 Å². The third kappa shape index (κ3) is 4.42. The number of hydrogen-bond acceptors (Lipinski definition) is 3. The molecule has 0 aliphatic carbocycles. The average Bonchev–Trinajstić information content (AvgIpc) is 3.21. The maximum atomic E-state index is 9.62. The first-order valence-electron chi connectivity index (χ1n) is 11.1. The van der Waals surface area contributed by atoms with Gasteiger partial charge in [-0.3, -0.25) is 0 Å². The van der Waals surface area contributed by atoms with Gasteiger partial charge >= 0.3 is 0 Å². The van der Waals surface area contributed by atoms with Crippen LogP contribution in [0.3, 0.4) is 0 Å². The Morgan fingerprint density at radius 3 is 2.48 bits per heavy atom. The van der Waals surface area contributed by atoms with E-state index in [-0.39, 0.29) is 12.7 Å². The largest absolute Gasteiger partial charge is 0.392 e. The highest BCUT2D eigenvalue weighted by Crippen LogP contribution is 2.40. The summed E-state index contributed by atoms with van der Waals surface area (Å²) in [6.45, 7) is 0.643. The molecular formula is C27H28ClNO2. The van der Waals surface area contributed by atoms with E-state index in [9.17, 15) is 5.11 Å². The van der Waals surface area contributed by atoms with Gasteiger partial charge in [-0.05, 0) is 59.2 Å². The molecule has 31 heavy (non-hydrogen) atoms. The van der Waals surface area contributed by atoms with E-state index in [0.717, 1.165) is 28.1 Å². The van der Waals surface area contributed by atoms with Crippen LogP contribution in [-0.2, 0) is 18.0 Å². The molecule has 2 N–H and O–H groups in total. The van der Waals surface area contributed by atoms with Crippen LogP contribution in [0.1, 0.15) is 41.9 Å². The first-order valence-corrected chi connectivity index (χ1v) is 11.5. The monoisotopic (exact) mass is 433 g/mol. The van der Waals surface area contributed by atoms with Crippen LogP contribution in [0.15, 0.2) is 72.8 Å². The molecule has 2 aliphatic heterocycles. The number of rotatable bonds is 6. The lowest BCUT2D eigenvalue weighted by molar-refractivity contribution is -0.0133. The van der Waals surface area contributed by atoms with Gasteiger partial charge in [0.1, 0.15) is 0 Å². The summed E-state index contributed by atoms with van der Waals surface area (Å²) >= 11 is 6.12. The van der Waals surface area contributed by atoms with E-state index < -0.39 is 0 Å². The number of aliphatic hydroxyl groups is 1. The highest BCUT2D eigenvalue weighted by Gasteiger charge is 2.42. The first kappa shape index (κ1) is 20.7. The van der Waals surface area contributed by atoms with Gasteiger partial charge in [0.15, 0.2) is 0 Å². The molecule has 2 aliphatic rings. The van der Waals surface area contributed by atoms with Crippen LogP contribution >= 0.6 is 11.6 Å². The zero-order chi connectivity index (χ0) is 21.2. The van der Waals surface area contributed by atoms with Crippen LogP contribution in [0.4, 0.5) is 0 Å². The van der Waals surface area contributed by atoms with E-state index >= 15 is 0 Å². The van der Waals surface area contributed by atoms with Crippen molar-refractivity contribution in [3.63, 3.8) is 0 Å². The third-order valence-corrected chi connectivity index (χ3v) is 7.05. The fourth-order valence-electron chi connectivity index (χ4n) is 5.20. The van der Waals surface area contributed by atoms with Crippen molar-refractivity contribution in [3.8, 4) is 11.1 Å². The van der Waals surface area contributed by atoms with Crippen molar-refractivity contribution in [2.45, 2.75) is 56.6 Å². The smallest absolute Gasteiger partial charge is 0.0801 e. The highest BCUT2D eigenvalue weighted by atomic mass is 35.5. The van der Waals surface area contributed by atoms with Crippen LogP contribution < -0.4 is 5.32 Å². The number of benzene rings is 3. The van der Waals surface area contributed by atoms with Gasteiger partial charge in [0, 0.05) is 23.0 Å². The summed E-state index contributed by atoms with van der Waals surface area (Å²) in [4.78, 5) is 0. The Hall–Kier alpha value is -2.17. The average molecular weight is 434 g/mol.